The molecule has 0 unspecified atom stereocenters. The van der Waals surface area contributed by atoms with Crippen LogP contribution >= 0.6 is 0 Å². The highest BCUT2D eigenvalue weighted by molar-refractivity contribution is 5.90. The van der Waals surface area contributed by atoms with Crippen LogP contribution in [0.5, 0.6) is 0 Å². The third kappa shape index (κ3) is 2.03. The van der Waals surface area contributed by atoms with Crippen molar-refractivity contribution in [2.24, 2.45) is 0 Å². The van der Waals surface area contributed by atoms with Gasteiger partial charge >= 0.3 is 5.97 Å². The Balaban J connectivity index is 2.53. The lowest BCUT2D eigenvalue weighted by molar-refractivity contribution is 0.0695. The second-order valence-corrected chi connectivity index (χ2v) is 4.49. The van der Waals surface area contributed by atoms with Gasteiger partial charge in [-0.2, -0.15) is 5.26 Å². The molecule has 0 amide bonds. The van der Waals surface area contributed by atoms with Gasteiger partial charge in [0, 0.05) is 0 Å². The maximum atomic E-state index is 11.1. The predicted molar refractivity (Wildman–Crippen MR) is 64.1 cm³/mol. The van der Waals surface area contributed by atoms with Gasteiger partial charge in [-0.25, -0.2) is 4.79 Å². The van der Waals surface area contributed by atoms with E-state index in [1.807, 2.05) is 13.0 Å². The molecule has 1 aliphatic carbocycles. The molecule has 1 N–H and O–H groups in total. The van der Waals surface area contributed by atoms with Crippen LogP contribution in [-0.2, 0) is 6.42 Å². The van der Waals surface area contributed by atoms with E-state index in [1.165, 1.54) is 12.5 Å². The normalized spacial score (nSPS) is 15.1. The molecule has 0 atom stereocenters. The molecule has 0 aromatic heterocycles. The smallest absolute Gasteiger partial charge is 0.336 e. The summed E-state index contributed by atoms with van der Waals surface area (Å²) >= 11 is 0. The maximum Gasteiger partial charge on any atom is 0.336 e. The highest BCUT2D eigenvalue weighted by Gasteiger charge is 2.24. The third-order valence-corrected chi connectivity index (χ3v) is 3.55. The van der Waals surface area contributed by atoms with Crippen molar-refractivity contribution in [3.05, 3.63) is 34.4 Å². The van der Waals surface area contributed by atoms with Gasteiger partial charge in [-0.05, 0) is 42.4 Å². The van der Waals surface area contributed by atoms with Crippen LogP contribution in [0, 0.1) is 11.3 Å². The topological polar surface area (TPSA) is 61.1 Å². The van der Waals surface area contributed by atoms with Crippen LogP contribution < -0.4 is 0 Å². The molecule has 0 aliphatic heterocycles. The second kappa shape index (κ2) is 4.58. The highest BCUT2D eigenvalue weighted by Crippen LogP contribution is 2.38. The quantitative estimate of drug-likeness (QED) is 0.866. The molecule has 0 heterocycles. The summed E-state index contributed by atoms with van der Waals surface area (Å²) in [5.74, 6) is -0.490. The van der Waals surface area contributed by atoms with E-state index in [1.54, 1.807) is 0 Å². The van der Waals surface area contributed by atoms with E-state index < -0.39 is 5.97 Å². The SMILES string of the molecule is CCc1cc(C2CCC2)c(C#N)cc1C(=O)O. The molecule has 0 radical (unpaired) electrons. The number of carboxylic acid groups (broad SMARTS) is 1. The Morgan fingerprint density at radius 2 is 2.24 bits per heavy atom. The fourth-order valence-corrected chi connectivity index (χ4v) is 2.31. The van der Waals surface area contributed by atoms with Gasteiger partial charge in [0.15, 0.2) is 0 Å². The van der Waals surface area contributed by atoms with E-state index in [4.69, 9.17) is 10.4 Å². The van der Waals surface area contributed by atoms with Crippen LogP contribution in [0.15, 0.2) is 12.1 Å². The number of carbonyl (C=O) groups is 1. The van der Waals surface area contributed by atoms with Gasteiger partial charge < -0.3 is 5.11 Å². The first-order valence-electron chi connectivity index (χ1n) is 5.97. The first-order chi connectivity index (χ1) is 8.17. The molecule has 0 spiro atoms. The maximum absolute atomic E-state index is 11.1. The van der Waals surface area contributed by atoms with Gasteiger partial charge in [-0.1, -0.05) is 19.4 Å². The molecule has 0 bridgehead atoms. The lowest BCUT2D eigenvalue weighted by Gasteiger charge is -2.27. The molecular weight excluding hydrogens is 214 g/mol. The zero-order valence-corrected chi connectivity index (χ0v) is 9.86. The van der Waals surface area contributed by atoms with E-state index in [9.17, 15) is 4.79 Å². The summed E-state index contributed by atoms with van der Waals surface area (Å²) < 4.78 is 0. The van der Waals surface area contributed by atoms with Gasteiger partial charge in [0.05, 0.1) is 17.2 Å². The third-order valence-electron chi connectivity index (χ3n) is 3.55. The molecular formula is C14H15NO2. The minimum atomic E-state index is -0.946. The molecule has 17 heavy (non-hydrogen) atoms. The molecule has 1 aromatic rings. The summed E-state index contributed by atoms with van der Waals surface area (Å²) in [6.45, 7) is 1.94. The van der Waals surface area contributed by atoms with Gasteiger partial charge in [0.1, 0.15) is 0 Å². The minimum Gasteiger partial charge on any atom is -0.478 e. The summed E-state index contributed by atoms with van der Waals surface area (Å²) in [5, 5.41) is 18.2. The molecule has 3 nitrogen and oxygen atoms in total. The van der Waals surface area contributed by atoms with Crippen molar-refractivity contribution in [3.63, 3.8) is 0 Å². The summed E-state index contributed by atoms with van der Waals surface area (Å²) in [6, 6.07) is 5.59. The molecule has 2 rings (SSSR count). The fourth-order valence-electron chi connectivity index (χ4n) is 2.31. The van der Waals surface area contributed by atoms with E-state index >= 15 is 0 Å². The minimum absolute atomic E-state index is 0.270. The number of rotatable bonds is 3. The van der Waals surface area contributed by atoms with E-state index in [-0.39, 0.29) is 5.56 Å². The first kappa shape index (κ1) is 11.7. The van der Waals surface area contributed by atoms with E-state index in [0.29, 0.717) is 17.9 Å². The van der Waals surface area contributed by atoms with E-state index in [2.05, 4.69) is 6.07 Å². The zero-order valence-electron chi connectivity index (χ0n) is 9.86. The molecule has 0 saturated heterocycles. The lowest BCUT2D eigenvalue weighted by atomic mass is 9.77. The molecule has 3 heteroatoms. The van der Waals surface area contributed by atoms with Crippen LogP contribution in [-0.4, -0.2) is 11.1 Å². The monoisotopic (exact) mass is 229 g/mol. The summed E-state index contributed by atoms with van der Waals surface area (Å²) in [4.78, 5) is 11.1. The van der Waals surface area contributed by atoms with Crippen molar-refractivity contribution >= 4 is 5.97 Å². The van der Waals surface area contributed by atoms with Gasteiger partial charge in [0.2, 0.25) is 0 Å². The van der Waals surface area contributed by atoms with Crippen LogP contribution in [0.1, 0.15) is 59.2 Å². The Bertz CT molecular complexity index is 496. The van der Waals surface area contributed by atoms with Crippen LogP contribution in [0.25, 0.3) is 0 Å². The Labute approximate surface area is 101 Å². The standard InChI is InChI=1S/C14H15NO2/c1-2-9-6-12(10-4-3-5-10)11(8-15)7-13(9)14(16)17/h6-7,10H,2-5H2,1H3,(H,16,17). The van der Waals surface area contributed by atoms with E-state index in [0.717, 1.165) is 24.0 Å². The Morgan fingerprint density at radius 1 is 1.53 bits per heavy atom. The van der Waals surface area contributed by atoms with Gasteiger partial charge in [-0.15, -0.1) is 0 Å². The number of aromatic carboxylic acids is 1. The summed E-state index contributed by atoms with van der Waals surface area (Å²) in [6.07, 6.45) is 4.12. The lowest BCUT2D eigenvalue weighted by Crippen LogP contribution is -2.13. The van der Waals surface area contributed by atoms with Gasteiger partial charge in [-0.3, -0.25) is 0 Å². The zero-order chi connectivity index (χ0) is 12.4. The number of carboxylic acids is 1. The number of benzene rings is 1. The Hall–Kier alpha value is -1.82. The average Bonchev–Trinajstić information content (AvgIpc) is 2.25. The van der Waals surface area contributed by atoms with Crippen molar-refractivity contribution in [2.75, 3.05) is 0 Å². The average molecular weight is 229 g/mol. The van der Waals surface area contributed by atoms with Crippen LogP contribution in [0.4, 0.5) is 0 Å². The van der Waals surface area contributed by atoms with Crippen LogP contribution in [0.2, 0.25) is 0 Å². The molecule has 1 aliphatic rings. The van der Waals surface area contributed by atoms with Crippen molar-refractivity contribution in [1.29, 1.82) is 5.26 Å². The predicted octanol–water partition coefficient (Wildman–Crippen LogP) is 3.09. The largest absolute Gasteiger partial charge is 0.478 e. The molecule has 1 aromatic carbocycles. The fraction of sp³-hybridized carbons (Fsp3) is 0.429. The van der Waals surface area contributed by atoms with Crippen molar-refractivity contribution < 1.29 is 9.90 Å². The van der Waals surface area contributed by atoms with Crippen LogP contribution in [0.3, 0.4) is 0 Å². The Kier molecular flexibility index (Phi) is 3.14. The van der Waals surface area contributed by atoms with Crippen molar-refractivity contribution in [1.82, 2.24) is 0 Å². The number of aryl methyl sites for hydroxylation is 1. The second-order valence-electron chi connectivity index (χ2n) is 4.49. The molecule has 1 saturated carbocycles. The number of nitriles is 1. The Morgan fingerprint density at radius 3 is 2.65 bits per heavy atom. The van der Waals surface area contributed by atoms with Gasteiger partial charge in [0.25, 0.3) is 0 Å². The van der Waals surface area contributed by atoms with Crippen molar-refractivity contribution in [3.8, 4) is 6.07 Å². The number of hydrogen-bond donors (Lipinski definition) is 1. The summed E-state index contributed by atoms with van der Waals surface area (Å²) in [5.41, 5.74) is 2.68. The molecule has 88 valence electrons. The van der Waals surface area contributed by atoms with Crippen molar-refractivity contribution in [2.45, 2.75) is 38.5 Å². The highest BCUT2D eigenvalue weighted by atomic mass is 16.4. The number of nitrogens with zero attached hydrogens (tertiary/aromatic N) is 1. The summed E-state index contributed by atoms with van der Waals surface area (Å²) in [7, 11) is 0. The first-order valence-corrected chi connectivity index (χ1v) is 5.97. The molecule has 1 fully saturated rings. The number of hydrogen-bond acceptors (Lipinski definition) is 2.